The number of carbonyl (C=O) groups is 1. The lowest BCUT2D eigenvalue weighted by Crippen LogP contribution is -2.28. The number of fused-ring (bicyclic) bond motifs is 3. The van der Waals surface area contributed by atoms with Crippen LogP contribution in [-0.4, -0.2) is 68.1 Å². The maximum absolute atomic E-state index is 13.3. The zero-order chi connectivity index (χ0) is 28.6. The summed E-state index contributed by atoms with van der Waals surface area (Å²) in [4.78, 5) is 18.4. The minimum atomic E-state index is 0.0662. The highest BCUT2D eigenvalue weighted by atomic mass is 16.5. The van der Waals surface area contributed by atoms with Crippen LogP contribution in [0, 0.1) is 0 Å². The van der Waals surface area contributed by atoms with Gasteiger partial charge in [-0.25, -0.2) is 0 Å². The normalized spacial score (nSPS) is 12.3. The van der Waals surface area contributed by atoms with Gasteiger partial charge in [0.2, 0.25) is 0 Å². The second-order valence-corrected chi connectivity index (χ2v) is 11.2. The Morgan fingerprint density at radius 2 is 0.850 bits per heavy atom. The topological polar surface area (TPSA) is 42.0 Å². The van der Waals surface area contributed by atoms with Gasteiger partial charge in [0.15, 0.2) is 5.78 Å². The minimum absolute atomic E-state index is 0.0662. The lowest BCUT2D eigenvalue weighted by atomic mass is 10.1. The molecule has 222 valence electrons. The molecule has 0 bridgehead atoms. The molecule has 0 aromatic heterocycles. The molecule has 0 saturated carbocycles. The summed E-state index contributed by atoms with van der Waals surface area (Å²) < 4.78 is 12.2. The zero-order valence-corrected chi connectivity index (χ0v) is 25.8. The first kappa shape index (κ1) is 32.1. The molecule has 0 amide bonds. The Bertz CT molecular complexity index is 926. The number of rotatable bonds is 22. The second-order valence-electron chi connectivity index (χ2n) is 11.2. The van der Waals surface area contributed by atoms with E-state index in [1.165, 1.54) is 77.5 Å². The number of unbranched alkanes of at least 4 members (excludes halogenated alkanes) is 4. The molecule has 40 heavy (non-hydrogen) atoms. The number of ketones is 1. The second kappa shape index (κ2) is 18.1. The van der Waals surface area contributed by atoms with Gasteiger partial charge >= 0.3 is 0 Å². The van der Waals surface area contributed by atoms with Gasteiger partial charge in [0.05, 0.1) is 13.2 Å². The number of hydrogen-bond donors (Lipinski definition) is 0. The molecular formula is C35H54N2O3. The van der Waals surface area contributed by atoms with Crippen molar-refractivity contribution in [2.24, 2.45) is 0 Å². The fraction of sp³-hybridized carbons (Fsp3) is 0.629. The third kappa shape index (κ3) is 9.92. The van der Waals surface area contributed by atoms with Crippen LogP contribution in [0.25, 0.3) is 11.1 Å². The van der Waals surface area contributed by atoms with Gasteiger partial charge in [-0.3, -0.25) is 4.79 Å². The van der Waals surface area contributed by atoms with E-state index < -0.39 is 0 Å². The molecule has 3 rings (SSSR count). The van der Waals surface area contributed by atoms with Crippen molar-refractivity contribution in [3.8, 4) is 22.6 Å². The van der Waals surface area contributed by atoms with Crippen molar-refractivity contribution in [3.63, 3.8) is 0 Å². The molecule has 0 fully saturated rings. The van der Waals surface area contributed by atoms with Crippen LogP contribution in [0.3, 0.4) is 0 Å². The summed E-state index contributed by atoms with van der Waals surface area (Å²) in [6.07, 6.45) is 11.9. The van der Waals surface area contributed by atoms with Crippen LogP contribution in [0.15, 0.2) is 36.4 Å². The van der Waals surface area contributed by atoms with Crippen LogP contribution in [0.4, 0.5) is 0 Å². The van der Waals surface area contributed by atoms with Crippen molar-refractivity contribution in [1.82, 2.24) is 9.80 Å². The van der Waals surface area contributed by atoms with Gasteiger partial charge in [-0.05, 0) is 112 Å². The summed E-state index contributed by atoms with van der Waals surface area (Å²) in [6, 6.07) is 11.9. The van der Waals surface area contributed by atoms with Crippen LogP contribution < -0.4 is 9.47 Å². The molecule has 0 atom stereocenters. The zero-order valence-electron chi connectivity index (χ0n) is 25.8. The largest absolute Gasteiger partial charge is 0.494 e. The number of ether oxygens (including phenoxy) is 2. The Labute approximate surface area is 244 Å². The minimum Gasteiger partial charge on any atom is -0.494 e. The fourth-order valence-corrected chi connectivity index (χ4v) is 5.37. The van der Waals surface area contributed by atoms with E-state index >= 15 is 0 Å². The molecule has 0 aliphatic heterocycles. The van der Waals surface area contributed by atoms with Crippen LogP contribution in [0.5, 0.6) is 11.5 Å². The molecule has 0 radical (unpaired) electrons. The van der Waals surface area contributed by atoms with Crippen LogP contribution >= 0.6 is 0 Å². The lowest BCUT2D eigenvalue weighted by Gasteiger charge is -2.21. The van der Waals surface area contributed by atoms with E-state index in [4.69, 9.17) is 9.47 Å². The summed E-state index contributed by atoms with van der Waals surface area (Å²) in [5.74, 6) is 1.62. The molecular weight excluding hydrogens is 496 g/mol. The summed E-state index contributed by atoms with van der Waals surface area (Å²) in [5, 5.41) is 0. The maximum atomic E-state index is 13.3. The quantitative estimate of drug-likeness (QED) is 0.118. The van der Waals surface area contributed by atoms with E-state index in [0.29, 0.717) is 13.2 Å². The number of hydrogen-bond acceptors (Lipinski definition) is 5. The number of benzene rings is 2. The smallest absolute Gasteiger partial charge is 0.194 e. The van der Waals surface area contributed by atoms with Crippen LogP contribution in [0.1, 0.15) is 108 Å². The van der Waals surface area contributed by atoms with Crippen LogP contribution in [0.2, 0.25) is 0 Å². The Morgan fingerprint density at radius 3 is 1.20 bits per heavy atom. The van der Waals surface area contributed by atoms with E-state index in [-0.39, 0.29) is 5.78 Å². The molecule has 0 N–H and O–H groups in total. The average Bonchev–Trinajstić information content (AvgIpc) is 3.25. The van der Waals surface area contributed by atoms with Crippen molar-refractivity contribution in [2.75, 3.05) is 52.5 Å². The van der Waals surface area contributed by atoms with E-state index in [9.17, 15) is 4.79 Å². The average molecular weight is 551 g/mol. The first-order chi connectivity index (χ1) is 19.6. The third-order valence-corrected chi connectivity index (χ3v) is 7.85. The highest BCUT2D eigenvalue weighted by Gasteiger charge is 2.27. The van der Waals surface area contributed by atoms with E-state index in [2.05, 4.69) is 37.5 Å². The maximum Gasteiger partial charge on any atom is 0.194 e. The first-order valence-corrected chi connectivity index (χ1v) is 16.1. The molecule has 5 heteroatoms. The van der Waals surface area contributed by atoms with E-state index in [1.807, 2.05) is 36.4 Å². The standard InChI is InChI=1S/C35H54N2O3/c1-5-9-19-36(20-10-6-2)23-13-25-39-29-15-17-31-32-18-16-30(28-34(32)35(38)33(31)27-29)40-26-14-24-37(21-11-7-3)22-12-8-4/h15-18,27-28H,5-14,19-26H2,1-4H3. The van der Waals surface area contributed by atoms with E-state index in [0.717, 1.165) is 59.7 Å². The predicted molar refractivity (Wildman–Crippen MR) is 168 cm³/mol. The van der Waals surface area contributed by atoms with Crippen LogP contribution in [-0.2, 0) is 0 Å². The molecule has 0 saturated heterocycles. The number of nitrogens with zero attached hydrogens (tertiary/aromatic N) is 2. The van der Waals surface area contributed by atoms with Gasteiger partial charge in [0.1, 0.15) is 11.5 Å². The molecule has 2 aromatic rings. The summed E-state index contributed by atoms with van der Waals surface area (Å²) in [6.45, 7) is 17.1. The van der Waals surface area contributed by atoms with Gasteiger partial charge < -0.3 is 19.3 Å². The van der Waals surface area contributed by atoms with Gasteiger partial charge in [0.25, 0.3) is 0 Å². The molecule has 1 aliphatic rings. The molecule has 2 aromatic carbocycles. The molecule has 0 spiro atoms. The van der Waals surface area contributed by atoms with Crippen molar-refractivity contribution in [2.45, 2.75) is 91.9 Å². The van der Waals surface area contributed by atoms with Crippen molar-refractivity contribution < 1.29 is 14.3 Å². The van der Waals surface area contributed by atoms with Gasteiger partial charge in [-0.2, -0.15) is 0 Å². The Kier molecular flexibility index (Phi) is 14.6. The lowest BCUT2D eigenvalue weighted by molar-refractivity contribution is 0.104. The number of carbonyl (C=O) groups excluding carboxylic acids is 1. The third-order valence-electron chi connectivity index (χ3n) is 7.85. The van der Waals surface area contributed by atoms with Crippen molar-refractivity contribution >= 4 is 5.78 Å². The first-order valence-electron chi connectivity index (χ1n) is 16.1. The Balaban J connectivity index is 1.49. The predicted octanol–water partition coefficient (Wildman–Crippen LogP) is 8.24. The van der Waals surface area contributed by atoms with Gasteiger partial charge in [-0.15, -0.1) is 0 Å². The Hall–Kier alpha value is -2.37. The summed E-state index contributed by atoms with van der Waals surface area (Å²) in [7, 11) is 0. The monoisotopic (exact) mass is 550 g/mol. The van der Waals surface area contributed by atoms with E-state index in [1.54, 1.807) is 0 Å². The van der Waals surface area contributed by atoms with Crippen molar-refractivity contribution in [1.29, 1.82) is 0 Å². The van der Waals surface area contributed by atoms with Gasteiger partial charge in [-0.1, -0.05) is 53.4 Å². The molecule has 5 nitrogen and oxygen atoms in total. The summed E-state index contributed by atoms with van der Waals surface area (Å²) >= 11 is 0. The molecule has 0 heterocycles. The van der Waals surface area contributed by atoms with Crippen molar-refractivity contribution in [3.05, 3.63) is 47.5 Å². The Morgan fingerprint density at radius 1 is 0.500 bits per heavy atom. The highest BCUT2D eigenvalue weighted by molar-refractivity contribution is 6.22. The SMILES string of the molecule is CCCCN(CCCC)CCCOc1ccc2c(c1)C(=O)c1cc(OCCCN(CCCC)CCCC)ccc1-2. The highest BCUT2D eigenvalue weighted by Crippen LogP contribution is 2.39. The van der Waals surface area contributed by atoms with Gasteiger partial charge in [0, 0.05) is 24.2 Å². The molecule has 1 aliphatic carbocycles. The fourth-order valence-electron chi connectivity index (χ4n) is 5.37. The molecule has 0 unspecified atom stereocenters. The summed E-state index contributed by atoms with van der Waals surface area (Å²) in [5.41, 5.74) is 3.46.